The summed E-state index contributed by atoms with van der Waals surface area (Å²) in [6, 6.07) is -0.987. The molecule has 96 valence electrons. The predicted molar refractivity (Wildman–Crippen MR) is 61.1 cm³/mol. The number of carbonyl (C=O) groups is 3. The molecular weight excluding hydrogens is 224 g/mol. The van der Waals surface area contributed by atoms with Gasteiger partial charge < -0.3 is 16.4 Å². The quantitative estimate of drug-likeness (QED) is 0.458. The van der Waals surface area contributed by atoms with Crippen LogP contribution in [-0.2, 0) is 4.79 Å². The van der Waals surface area contributed by atoms with Crippen LogP contribution in [0.3, 0.4) is 0 Å². The second-order valence-corrected chi connectivity index (χ2v) is 4.22. The third kappa shape index (κ3) is 2.86. The van der Waals surface area contributed by atoms with Crippen molar-refractivity contribution in [2.45, 2.75) is 32.2 Å². The molecule has 0 aromatic heterocycles. The van der Waals surface area contributed by atoms with Crippen molar-refractivity contribution in [1.29, 1.82) is 0 Å². The maximum Gasteiger partial charge on any atom is 0.325 e. The normalized spacial score (nSPS) is 23.8. The van der Waals surface area contributed by atoms with Gasteiger partial charge in [0.05, 0.1) is 0 Å². The number of amides is 5. The van der Waals surface area contributed by atoms with Gasteiger partial charge in [-0.25, -0.2) is 9.59 Å². The molecular formula is C10H18N4O3. The standard InChI is InChI=1S/C10H18N4O3/c1-3-10(2)7(15)14(9(17)13-10)6-4-5-12-8(11)16/h3-6H2,1-2H3,(H,13,17)(H3,11,12,16)/t10-/m1/s1. The average molecular weight is 242 g/mol. The third-order valence-corrected chi connectivity index (χ3v) is 2.91. The van der Waals surface area contributed by atoms with Gasteiger partial charge in [-0.05, 0) is 19.8 Å². The van der Waals surface area contributed by atoms with E-state index in [-0.39, 0.29) is 18.5 Å². The minimum Gasteiger partial charge on any atom is -0.352 e. The van der Waals surface area contributed by atoms with Gasteiger partial charge in [-0.1, -0.05) is 6.92 Å². The van der Waals surface area contributed by atoms with Crippen LogP contribution in [0.2, 0.25) is 0 Å². The van der Waals surface area contributed by atoms with Gasteiger partial charge in [0.25, 0.3) is 5.91 Å². The van der Waals surface area contributed by atoms with Crippen molar-refractivity contribution in [3.8, 4) is 0 Å². The van der Waals surface area contributed by atoms with Gasteiger partial charge in [0, 0.05) is 13.1 Å². The lowest BCUT2D eigenvalue weighted by Crippen LogP contribution is -2.43. The molecule has 1 aliphatic heterocycles. The number of nitrogens with zero attached hydrogens (tertiary/aromatic N) is 1. The summed E-state index contributed by atoms with van der Waals surface area (Å²) in [6.07, 6.45) is 1.04. The molecule has 0 aromatic carbocycles. The second kappa shape index (κ2) is 5.03. The molecule has 7 heteroatoms. The van der Waals surface area contributed by atoms with Crippen LogP contribution < -0.4 is 16.4 Å². The van der Waals surface area contributed by atoms with Gasteiger partial charge in [0.15, 0.2) is 0 Å². The molecule has 0 aromatic rings. The van der Waals surface area contributed by atoms with E-state index >= 15 is 0 Å². The molecule has 1 aliphatic rings. The summed E-state index contributed by atoms with van der Waals surface area (Å²) in [5.74, 6) is -0.218. The summed E-state index contributed by atoms with van der Waals surface area (Å²) in [6.45, 7) is 4.17. The van der Waals surface area contributed by atoms with Crippen LogP contribution in [0, 0.1) is 0 Å². The molecule has 5 amide bonds. The first-order chi connectivity index (χ1) is 7.90. The summed E-state index contributed by atoms with van der Waals surface area (Å²) < 4.78 is 0. The second-order valence-electron chi connectivity index (χ2n) is 4.22. The molecule has 0 unspecified atom stereocenters. The smallest absolute Gasteiger partial charge is 0.325 e. The minimum atomic E-state index is -0.797. The summed E-state index contributed by atoms with van der Waals surface area (Å²) in [5.41, 5.74) is 4.10. The lowest BCUT2D eigenvalue weighted by Gasteiger charge is -2.19. The van der Waals surface area contributed by atoms with E-state index < -0.39 is 11.6 Å². The zero-order valence-corrected chi connectivity index (χ0v) is 10.1. The first-order valence-electron chi connectivity index (χ1n) is 5.58. The molecule has 1 fully saturated rings. The Kier molecular flexibility index (Phi) is 3.93. The van der Waals surface area contributed by atoms with Crippen molar-refractivity contribution in [2.24, 2.45) is 5.73 Å². The largest absolute Gasteiger partial charge is 0.352 e. The lowest BCUT2D eigenvalue weighted by molar-refractivity contribution is -0.130. The number of imide groups is 1. The maximum absolute atomic E-state index is 11.9. The molecule has 0 spiro atoms. The molecule has 0 bridgehead atoms. The van der Waals surface area contributed by atoms with Crippen molar-refractivity contribution in [2.75, 3.05) is 13.1 Å². The highest BCUT2D eigenvalue weighted by atomic mass is 16.2. The number of hydrogen-bond acceptors (Lipinski definition) is 3. The van der Waals surface area contributed by atoms with Crippen molar-refractivity contribution in [3.63, 3.8) is 0 Å². The van der Waals surface area contributed by atoms with Crippen LogP contribution in [0.25, 0.3) is 0 Å². The SMILES string of the molecule is CC[C@@]1(C)NC(=O)N(CCCNC(N)=O)C1=O. The van der Waals surface area contributed by atoms with E-state index in [1.807, 2.05) is 6.92 Å². The first-order valence-corrected chi connectivity index (χ1v) is 5.58. The van der Waals surface area contributed by atoms with Crippen LogP contribution in [0.1, 0.15) is 26.7 Å². The van der Waals surface area contributed by atoms with Crippen molar-refractivity contribution < 1.29 is 14.4 Å². The van der Waals surface area contributed by atoms with Crippen molar-refractivity contribution in [1.82, 2.24) is 15.5 Å². The van der Waals surface area contributed by atoms with Gasteiger partial charge in [-0.3, -0.25) is 9.69 Å². The van der Waals surface area contributed by atoms with E-state index in [4.69, 9.17) is 5.73 Å². The summed E-state index contributed by atoms with van der Waals surface area (Å²) >= 11 is 0. The highest BCUT2D eigenvalue weighted by Gasteiger charge is 2.45. The van der Waals surface area contributed by atoms with Crippen molar-refractivity contribution >= 4 is 18.0 Å². The predicted octanol–water partition coefficient (Wildman–Crippen LogP) is -0.235. The van der Waals surface area contributed by atoms with Crippen LogP contribution in [0.4, 0.5) is 9.59 Å². The topological polar surface area (TPSA) is 105 Å². The van der Waals surface area contributed by atoms with Gasteiger partial charge in [0.1, 0.15) is 5.54 Å². The van der Waals surface area contributed by atoms with Gasteiger partial charge in [-0.2, -0.15) is 0 Å². The molecule has 0 aliphatic carbocycles. The van der Waals surface area contributed by atoms with Crippen LogP contribution in [-0.4, -0.2) is 41.5 Å². The number of urea groups is 2. The molecule has 7 nitrogen and oxygen atoms in total. The molecule has 0 saturated carbocycles. The van der Waals surface area contributed by atoms with Gasteiger partial charge in [0.2, 0.25) is 0 Å². The Hall–Kier alpha value is -1.79. The van der Waals surface area contributed by atoms with Gasteiger partial charge in [-0.15, -0.1) is 0 Å². The fraction of sp³-hybridized carbons (Fsp3) is 0.700. The highest BCUT2D eigenvalue weighted by molar-refractivity contribution is 6.06. The van der Waals surface area contributed by atoms with E-state index in [0.29, 0.717) is 19.4 Å². The lowest BCUT2D eigenvalue weighted by atomic mass is 9.99. The zero-order valence-electron chi connectivity index (χ0n) is 10.1. The molecule has 0 radical (unpaired) electrons. The van der Waals surface area contributed by atoms with Gasteiger partial charge >= 0.3 is 12.1 Å². The molecule has 17 heavy (non-hydrogen) atoms. The number of carbonyl (C=O) groups excluding carboxylic acids is 3. The molecule has 1 saturated heterocycles. The third-order valence-electron chi connectivity index (χ3n) is 2.91. The Labute approximate surface area is 99.7 Å². The number of rotatable bonds is 5. The van der Waals surface area contributed by atoms with E-state index in [1.165, 1.54) is 4.90 Å². The van der Waals surface area contributed by atoms with Crippen molar-refractivity contribution in [3.05, 3.63) is 0 Å². The van der Waals surface area contributed by atoms with E-state index in [2.05, 4.69) is 10.6 Å². The summed E-state index contributed by atoms with van der Waals surface area (Å²) in [7, 11) is 0. The maximum atomic E-state index is 11.9. The Bertz CT molecular complexity index is 344. The van der Waals surface area contributed by atoms with E-state index in [9.17, 15) is 14.4 Å². The minimum absolute atomic E-state index is 0.218. The van der Waals surface area contributed by atoms with Crippen LogP contribution in [0.15, 0.2) is 0 Å². The monoisotopic (exact) mass is 242 g/mol. The molecule has 1 heterocycles. The fourth-order valence-corrected chi connectivity index (χ4v) is 1.64. The molecule has 4 N–H and O–H groups in total. The number of nitrogens with one attached hydrogen (secondary N) is 2. The Morgan fingerprint density at radius 1 is 1.53 bits per heavy atom. The van der Waals surface area contributed by atoms with E-state index in [1.54, 1.807) is 6.92 Å². The first kappa shape index (κ1) is 13.3. The highest BCUT2D eigenvalue weighted by Crippen LogP contribution is 2.20. The average Bonchev–Trinajstić information content (AvgIpc) is 2.47. The zero-order chi connectivity index (χ0) is 13.1. The molecule has 1 rings (SSSR count). The number of primary amides is 1. The summed E-state index contributed by atoms with van der Waals surface area (Å²) in [5, 5.41) is 5.06. The summed E-state index contributed by atoms with van der Waals surface area (Å²) in [4.78, 5) is 35.1. The Morgan fingerprint density at radius 3 is 2.65 bits per heavy atom. The molecule has 1 atom stereocenters. The fourth-order valence-electron chi connectivity index (χ4n) is 1.64. The Morgan fingerprint density at radius 2 is 2.18 bits per heavy atom. The van der Waals surface area contributed by atoms with Crippen LogP contribution >= 0.6 is 0 Å². The van der Waals surface area contributed by atoms with Crippen LogP contribution in [0.5, 0.6) is 0 Å². The number of hydrogen-bond donors (Lipinski definition) is 3. The Balaban J connectivity index is 2.47. The number of nitrogens with two attached hydrogens (primary N) is 1. The van der Waals surface area contributed by atoms with E-state index in [0.717, 1.165) is 0 Å².